The van der Waals surface area contributed by atoms with E-state index in [-0.39, 0.29) is 17.9 Å². The van der Waals surface area contributed by atoms with Gasteiger partial charge in [0.15, 0.2) is 0 Å². The number of halogens is 1. The topological polar surface area (TPSA) is 53.2 Å². The zero-order chi connectivity index (χ0) is 12.0. The number of benzene rings is 1. The van der Waals surface area contributed by atoms with Crippen molar-refractivity contribution in [2.75, 3.05) is 18.9 Å². The number of amides is 2. The molecule has 1 unspecified atom stereocenters. The molecule has 3 N–H and O–H groups in total. The molecule has 5 heteroatoms. The number of urea groups is 1. The standard InChI is InChI=1S/C11H16FN3O/c1-8(13-2)7-14-11(16)15-10-5-3-9(12)4-6-10/h3-6,8,13H,7H2,1-2H3,(H2,14,15,16). The van der Waals surface area contributed by atoms with Crippen molar-refractivity contribution >= 4 is 11.7 Å². The molecule has 1 rings (SSSR count). The van der Waals surface area contributed by atoms with Crippen LogP contribution < -0.4 is 16.0 Å². The van der Waals surface area contributed by atoms with E-state index in [0.29, 0.717) is 12.2 Å². The minimum absolute atomic E-state index is 0.207. The van der Waals surface area contributed by atoms with Crippen LogP contribution in [0.2, 0.25) is 0 Å². The van der Waals surface area contributed by atoms with Crippen LogP contribution in [0.5, 0.6) is 0 Å². The third-order valence-electron chi connectivity index (χ3n) is 2.16. The highest BCUT2D eigenvalue weighted by molar-refractivity contribution is 5.89. The van der Waals surface area contributed by atoms with Gasteiger partial charge in [-0.2, -0.15) is 0 Å². The summed E-state index contributed by atoms with van der Waals surface area (Å²) in [5, 5.41) is 8.29. The molecule has 2 amide bonds. The molecule has 0 spiro atoms. The van der Waals surface area contributed by atoms with Crippen molar-refractivity contribution in [2.45, 2.75) is 13.0 Å². The first-order valence-electron chi connectivity index (χ1n) is 5.09. The largest absolute Gasteiger partial charge is 0.336 e. The Hall–Kier alpha value is -1.62. The zero-order valence-electron chi connectivity index (χ0n) is 9.38. The summed E-state index contributed by atoms with van der Waals surface area (Å²) in [5.41, 5.74) is 0.566. The molecule has 0 radical (unpaired) electrons. The summed E-state index contributed by atoms with van der Waals surface area (Å²) in [6.45, 7) is 2.49. The number of hydrogen-bond acceptors (Lipinski definition) is 2. The fraction of sp³-hybridized carbons (Fsp3) is 0.364. The maximum atomic E-state index is 12.6. The molecule has 4 nitrogen and oxygen atoms in total. The van der Waals surface area contributed by atoms with Crippen molar-refractivity contribution in [3.63, 3.8) is 0 Å². The van der Waals surface area contributed by atoms with Gasteiger partial charge < -0.3 is 16.0 Å². The summed E-state index contributed by atoms with van der Waals surface area (Å²) in [7, 11) is 1.82. The molecule has 1 atom stereocenters. The first kappa shape index (κ1) is 12.4. The summed E-state index contributed by atoms with van der Waals surface area (Å²) < 4.78 is 12.6. The van der Waals surface area contributed by atoms with Gasteiger partial charge in [-0.15, -0.1) is 0 Å². The Kier molecular flexibility index (Phi) is 4.72. The molecule has 1 aromatic carbocycles. The minimum Gasteiger partial charge on any atom is -0.336 e. The van der Waals surface area contributed by atoms with E-state index in [4.69, 9.17) is 0 Å². The highest BCUT2D eigenvalue weighted by Gasteiger charge is 2.03. The highest BCUT2D eigenvalue weighted by Crippen LogP contribution is 2.07. The van der Waals surface area contributed by atoms with Gasteiger partial charge in [0, 0.05) is 18.3 Å². The van der Waals surface area contributed by atoms with Gasteiger partial charge >= 0.3 is 6.03 Å². The van der Waals surface area contributed by atoms with Crippen molar-refractivity contribution < 1.29 is 9.18 Å². The first-order chi connectivity index (χ1) is 7.61. The molecular weight excluding hydrogens is 209 g/mol. The molecule has 16 heavy (non-hydrogen) atoms. The van der Waals surface area contributed by atoms with Crippen LogP contribution in [0.1, 0.15) is 6.92 Å². The normalized spacial score (nSPS) is 11.9. The molecule has 0 aromatic heterocycles. The average molecular weight is 225 g/mol. The van der Waals surface area contributed by atoms with Gasteiger partial charge in [-0.3, -0.25) is 0 Å². The van der Waals surface area contributed by atoms with E-state index < -0.39 is 0 Å². The third-order valence-corrected chi connectivity index (χ3v) is 2.16. The highest BCUT2D eigenvalue weighted by atomic mass is 19.1. The van der Waals surface area contributed by atoms with Crippen molar-refractivity contribution in [3.05, 3.63) is 30.1 Å². The van der Waals surface area contributed by atoms with Crippen LogP contribution in [-0.2, 0) is 0 Å². The Bertz CT molecular complexity index is 340. The smallest absolute Gasteiger partial charge is 0.319 e. The molecule has 88 valence electrons. The molecule has 0 aliphatic heterocycles. The Balaban J connectivity index is 2.37. The number of likely N-dealkylation sites (N-methyl/N-ethyl adjacent to an activating group) is 1. The van der Waals surface area contributed by atoms with E-state index >= 15 is 0 Å². The van der Waals surface area contributed by atoms with Crippen molar-refractivity contribution in [1.82, 2.24) is 10.6 Å². The second-order valence-electron chi connectivity index (χ2n) is 3.53. The minimum atomic E-state index is -0.324. The van der Waals surface area contributed by atoms with Gasteiger partial charge in [0.1, 0.15) is 5.82 Å². The molecule has 0 saturated carbocycles. The molecular formula is C11H16FN3O. The van der Waals surface area contributed by atoms with E-state index in [0.717, 1.165) is 0 Å². The van der Waals surface area contributed by atoms with Crippen LogP contribution in [0.25, 0.3) is 0 Å². The van der Waals surface area contributed by atoms with Crippen LogP contribution in [-0.4, -0.2) is 25.7 Å². The Morgan fingerprint density at radius 1 is 1.38 bits per heavy atom. The van der Waals surface area contributed by atoms with Gasteiger partial charge in [-0.1, -0.05) is 0 Å². The maximum Gasteiger partial charge on any atom is 0.319 e. The van der Waals surface area contributed by atoms with Gasteiger partial charge in [-0.05, 0) is 38.2 Å². The van der Waals surface area contributed by atoms with Crippen LogP contribution >= 0.6 is 0 Å². The SMILES string of the molecule is CNC(C)CNC(=O)Nc1ccc(F)cc1. The van der Waals surface area contributed by atoms with E-state index in [1.807, 2.05) is 14.0 Å². The lowest BCUT2D eigenvalue weighted by atomic mass is 10.3. The lowest BCUT2D eigenvalue weighted by molar-refractivity contribution is 0.251. The van der Waals surface area contributed by atoms with Gasteiger partial charge in [0.25, 0.3) is 0 Å². The predicted octanol–water partition coefficient (Wildman–Crippen LogP) is 1.56. The molecule has 0 bridgehead atoms. The monoisotopic (exact) mass is 225 g/mol. The number of carbonyl (C=O) groups is 1. The summed E-state index contributed by atoms with van der Waals surface area (Å²) >= 11 is 0. The fourth-order valence-electron chi connectivity index (χ4n) is 1.06. The zero-order valence-corrected chi connectivity index (χ0v) is 9.38. The second kappa shape index (κ2) is 6.07. The van der Waals surface area contributed by atoms with Gasteiger partial charge in [0.2, 0.25) is 0 Å². The molecule has 0 aliphatic rings. The van der Waals surface area contributed by atoms with Gasteiger partial charge in [0.05, 0.1) is 0 Å². The van der Waals surface area contributed by atoms with Crippen molar-refractivity contribution in [1.29, 1.82) is 0 Å². The lowest BCUT2D eigenvalue weighted by Crippen LogP contribution is -2.39. The van der Waals surface area contributed by atoms with Crippen LogP contribution in [0.4, 0.5) is 14.9 Å². The number of nitrogens with one attached hydrogen (secondary N) is 3. The molecule has 0 heterocycles. The van der Waals surface area contributed by atoms with Gasteiger partial charge in [-0.25, -0.2) is 9.18 Å². The van der Waals surface area contributed by atoms with Crippen LogP contribution in [0.3, 0.4) is 0 Å². The van der Waals surface area contributed by atoms with Crippen molar-refractivity contribution in [2.24, 2.45) is 0 Å². The number of hydrogen-bond donors (Lipinski definition) is 3. The maximum absolute atomic E-state index is 12.6. The Labute approximate surface area is 94.2 Å². The molecule has 1 aromatic rings. The third kappa shape index (κ3) is 4.27. The molecule has 0 saturated heterocycles. The average Bonchev–Trinajstić information content (AvgIpc) is 2.29. The van der Waals surface area contributed by atoms with Crippen LogP contribution in [0.15, 0.2) is 24.3 Å². The first-order valence-corrected chi connectivity index (χ1v) is 5.09. The summed E-state index contributed by atoms with van der Waals surface area (Å²) in [4.78, 5) is 11.4. The van der Waals surface area contributed by atoms with Crippen LogP contribution in [0, 0.1) is 5.82 Å². The van der Waals surface area contributed by atoms with E-state index in [9.17, 15) is 9.18 Å². The van der Waals surface area contributed by atoms with E-state index in [2.05, 4.69) is 16.0 Å². The number of rotatable bonds is 4. The van der Waals surface area contributed by atoms with E-state index in [1.54, 1.807) is 0 Å². The molecule has 0 fully saturated rings. The quantitative estimate of drug-likeness (QED) is 0.728. The fourth-order valence-corrected chi connectivity index (χ4v) is 1.06. The van der Waals surface area contributed by atoms with E-state index in [1.165, 1.54) is 24.3 Å². The summed E-state index contributed by atoms with van der Waals surface area (Å²) in [6, 6.07) is 5.53. The predicted molar refractivity (Wildman–Crippen MR) is 61.9 cm³/mol. The summed E-state index contributed by atoms with van der Waals surface area (Å²) in [6.07, 6.45) is 0. The number of carbonyl (C=O) groups excluding carboxylic acids is 1. The second-order valence-corrected chi connectivity index (χ2v) is 3.53. The Morgan fingerprint density at radius 2 is 2.00 bits per heavy atom. The number of anilines is 1. The summed E-state index contributed by atoms with van der Waals surface area (Å²) in [5.74, 6) is -0.324. The lowest BCUT2D eigenvalue weighted by Gasteiger charge is -2.12. The Morgan fingerprint density at radius 3 is 2.56 bits per heavy atom. The molecule has 0 aliphatic carbocycles. The van der Waals surface area contributed by atoms with Crippen molar-refractivity contribution in [3.8, 4) is 0 Å².